The van der Waals surface area contributed by atoms with Crippen LogP contribution in [0.1, 0.15) is 18.9 Å². The van der Waals surface area contributed by atoms with Crippen molar-refractivity contribution in [3.8, 4) is 0 Å². The molecule has 1 aromatic heterocycles. The predicted molar refractivity (Wildman–Crippen MR) is 57.4 cm³/mol. The average molecular weight is 208 g/mol. The van der Waals surface area contributed by atoms with Gasteiger partial charge in [0.15, 0.2) is 0 Å². The van der Waals surface area contributed by atoms with E-state index in [2.05, 4.69) is 4.98 Å². The second-order valence-electron chi connectivity index (χ2n) is 3.46. The van der Waals surface area contributed by atoms with E-state index < -0.39 is 5.97 Å². The molecule has 0 aromatic carbocycles. The molecule has 0 saturated carbocycles. The number of pyridine rings is 1. The van der Waals surface area contributed by atoms with Crippen LogP contribution < -0.4 is 0 Å². The molecule has 0 fully saturated rings. The van der Waals surface area contributed by atoms with Gasteiger partial charge >= 0.3 is 5.97 Å². The molecular formula is C11H16N2O2. The number of nitrogens with zero attached hydrogens (tertiary/aromatic N) is 2. The lowest BCUT2D eigenvalue weighted by atomic mass is 10.2. The van der Waals surface area contributed by atoms with E-state index in [1.807, 2.05) is 24.0 Å². The molecule has 0 radical (unpaired) electrons. The lowest BCUT2D eigenvalue weighted by Gasteiger charge is -2.19. The maximum absolute atomic E-state index is 10.6. The fraction of sp³-hybridized carbons (Fsp3) is 0.455. The Morgan fingerprint density at radius 2 is 2.13 bits per heavy atom. The van der Waals surface area contributed by atoms with Crippen molar-refractivity contribution in [2.24, 2.45) is 0 Å². The van der Waals surface area contributed by atoms with E-state index >= 15 is 0 Å². The van der Waals surface area contributed by atoms with Crippen LogP contribution in [0, 0.1) is 0 Å². The third kappa shape index (κ3) is 4.56. The maximum atomic E-state index is 10.6. The molecule has 4 heteroatoms. The van der Waals surface area contributed by atoms with Crippen LogP contribution in [0.25, 0.3) is 0 Å². The first-order valence-corrected chi connectivity index (χ1v) is 5.05. The van der Waals surface area contributed by atoms with Gasteiger partial charge in [0.05, 0.1) is 6.54 Å². The highest BCUT2D eigenvalue weighted by atomic mass is 16.4. The standard InChI is InChI=1S/C11H16N2O2/c1-2-7-13(9-11(14)15)8-10-3-5-12-6-4-10/h3-6H,2,7-9H2,1H3,(H,14,15). The topological polar surface area (TPSA) is 53.4 Å². The van der Waals surface area contributed by atoms with Crippen molar-refractivity contribution in [2.75, 3.05) is 13.1 Å². The highest BCUT2D eigenvalue weighted by molar-refractivity contribution is 5.69. The largest absolute Gasteiger partial charge is 0.480 e. The predicted octanol–water partition coefficient (Wildman–Crippen LogP) is 1.38. The van der Waals surface area contributed by atoms with E-state index in [4.69, 9.17) is 5.11 Å². The SMILES string of the molecule is CCCN(CC(=O)O)Cc1ccncc1. The first-order chi connectivity index (χ1) is 7.22. The Bertz CT molecular complexity index is 301. The lowest BCUT2D eigenvalue weighted by molar-refractivity contribution is -0.138. The van der Waals surface area contributed by atoms with Gasteiger partial charge in [-0.1, -0.05) is 6.92 Å². The molecule has 0 amide bonds. The van der Waals surface area contributed by atoms with Crippen molar-refractivity contribution in [1.29, 1.82) is 0 Å². The minimum Gasteiger partial charge on any atom is -0.480 e. The minimum atomic E-state index is -0.780. The lowest BCUT2D eigenvalue weighted by Crippen LogP contribution is -2.30. The Kier molecular flexibility index (Phi) is 4.77. The van der Waals surface area contributed by atoms with Gasteiger partial charge in [0.25, 0.3) is 0 Å². The van der Waals surface area contributed by atoms with E-state index in [9.17, 15) is 4.79 Å². The van der Waals surface area contributed by atoms with Gasteiger partial charge in [0.1, 0.15) is 0 Å². The van der Waals surface area contributed by atoms with Crippen LogP contribution in [0.15, 0.2) is 24.5 Å². The summed E-state index contributed by atoms with van der Waals surface area (Å²) in [5.74, 6) is -0.780. The Labute approximate surface area is 89.6 Å². The molecule has 0 aliphatic rings. The van der Waals surface area contributed by atoms with Crippen LogP contribution in [0.3, 0.4) is 0 Å². The van der Waals surface area contributed by atoms with Crippen molar-refractivity contribution in [1.82, 2.24) is 9.88 Å². The normalized spacial score (nSPS) is 10.5. The zero-order valence-corrected chi connectivity index (χ0v) is 8.89. The Morgan fingerprint density at radius 3 is 2.67 bits per heavy atom. The fourth-order valence-corrected chi connectivity index (χ4v) is 1.47. The third-order valence-corrected chi connectivity index (χ3v) is 2.05. The summed E-state index contributed by atoms with van der Waals surface area (Å²) in [5, 5.41) is 8.73. The van der Waals surface area contributed by atoms with Crippen LogP contribution in [-0.2, 0) is 11.3 Å². The van der Waals surface area contributed by atoms with Crippen LogP contribution >= 0.6 is 0 Å². The molecule has 0 atom stereocenters. The smallest absolute Gasteiger partial charge is 0.317 e. The number of hydrogen-bond donors (Lipinski definition) is 1. The summed E-state index contributed by atoms with van der Waals surface area (Å²) in [6.45, 7) is 3.61. The zero-order chi connectivity index (χ0) is 11.1. The van der Waals surface area contributed by atoms with E-state index in [-0.39, 0.29) is 6.54 Å². The van der Waals surface area contributed by atoms with E-state index in [1.165, 1.54) is 0 Å². The maximum Gasteiger partial charge on any atom is 0.317 e. The summed E-state index contributed by atoms with van der Waals surface area (Å²) >= 11 is 0. The quantitative estimate of drug-likeness (QED) is 0.767. The minimum absolute atomic E-state index is 0.0934. The zero-order valence-electron chi connectivity index (χ0n) is 8.89. The van der Waals surface area contributed by atoms with Gasteiger partial charge in [-0.25, -0.2) is 0 Å². The molecule has 1 N–H and O–H groups in total. The van der Waals surface area contributed by atoms with Gasteiger partial charge in [-0.05, 0) is 30.7 Å². The average Bonchev–Trinajstić information content (AvgIpc) is 2.18. The number of aromatic nitrogens is 1. The van der Waals surface area contributed by atoms with Crippen molar-refractivity contribution in [3.63, 3.8) is 0 Å². The number of aliphatic carboxylic acids is 1. The molecule has 1 heterocycles. The molecule has 15 heavy (non-hydrogen) atoms. The van der Waals surface area contributed by atoms with Crippen LogP contribution in [-0.4, -0.2) is 34.0 Å². The summed E-state index contributed by atoms with van der Waals surface area (Å²) in [4.78, 5) is 16.5. The Hall–Kier alpha value is -1.42. The fourth-order valence-electron chi connectivity index (χ4n) is 1.47. The van der Waals surface area contributed by atoms with Crippen molar-refractivity contribution in [3.05, 3.63) is 30.1 Å². The van der Waals surface area contributed by atoms with E-state index in [0.717, 1.165) is 18.5 Å². The number of hydrogen-bond acceptors (Lipinski definition) is 3. The van der Waals surface area contributed by atoms with Gasteiger partial charge in [0.2, 0.25) is 0 Å². The molecule has 1 rings (SSSR count). The number of carbonyl (C=O) groups is 1. The highest BCUT2D eigenvalue weighted by Crippen LogP contribution is 2.03. The van der Waals surface area contributed by atoms with E-state index in [1.54, 1.807) is 12.4 Å². The molecule has 0 spiro atoms. The molecule has 0 bridgehead atoms. The summed E-state index contributed by atoms with van der Waals surface area (Å²) in [6.07, 6.45) is 4.40. The first kappa shape index (κ1) is 11.7. The molecule has 1 aromatic rings. The second kappa shape index (κ2) is 6.14. The first-order valence-electron chi connectivity index (χ1n) is 5.05. The van der Waals surface area contributed by atoms with Crippen LogP contribution in [0.4, 0.5) is 0 Å². The van der Waals surface area contributed by atoms with Gasteiger partial charge < -0.3 is 5.11 Å². The van der Waals surface area contributed by atoms with Crippen LogP contribution in [0.5, 0.6) is 0 Å². The highest BCUT2D eigenvalue weighted by Gasteiger charge is 2.08. The molecule has 0 aliphatic carbocycles. The summed E-state index contributed by atoms with van der Waals surface area (Å²) in [7, 11) is 0. The third-order valence-electron chi connectivity index (χ3n) is 2.05. The molecule has 0 unspecified atom stereocenters. The molecule has 82 valence electrons. The Morgan fingerprint density at radius 1 is 1.47 bits per heavy atom. The summed E-state index contributed by atoms with van der Waals surface area (Å²) in [6, 6.07) is 3.81. The number of carboxylic acids is 1. The monoisotopic (exact) mass is 208 g/mol. The van der Waals surface area contributed by atoms with Gasteiger partial charge in [-0.15, -0.1) is 0 Å². The molecule has 0 aliphatic heterocycles. The second-order valence-corrected chi connectivity index (χ2v) is 3.46. The molecular weight excluding hydrogens is 192 g/mol. The molecule has 0 saturated heterocycles. The number of carboxylic acid groups (broad SMARTS) is 1. The van der Waals surface area contributed by atoms with Crippen molar-refractivity contribution >= 4 is 5.97 Å². The van der Waals surface area contributed by atoms with Crippen molar-refractivity contribution in [2.45, 2.75) is 19.9 Å². The van der Waals surface area contributed by atoms with E-state index in [0.29, 0.717) is 6.54 Å². The Balaban J connectivity index is 2.54. The van der Waals surface area contributed by atoms with Crippen molar-refractivity contribution < 1.29 is 9.90 Å². The van der Waals surface area contributed by atoms with Gasteiger partial charge in [-0.3, -0.25) is 14.7 Å². The molecule has 4 nitrogen and oxygen atoms in total. The van der Waals surface area contributed by atoms with Gasteiger partial charge in [-0.2, -0.15) is 0 Å². The summed E-state index contributed by atoms with van der Waals surface area (Å²) in [5.41, 5.74) is 1.10. The van der Waals surface area contributed by atoms with Crippen LogP contribution in [0.2, 0.25) is 0 Å². The van der Waals surface area contributed by atoms with Gasteiger partial charge in [0, 0.05) is 18.9 Å². The summed E-state index contributed by atoms with van der Waals surface area (Å²) < 4.78 is 0. The number of rotatable bonds is 6.